The Morgan fingerprint density at radius 3 is 2.94 bits per heavy atom. The summed E-state index contributed by atoms with van der Waals surface area (Å²) in [6.07, 6.45) is 6.02. The third kappa shape index (κ3) is 4.65. The maximum absolute atomic E-state index is 12.9. The second kappa shape index (κ2) is 9.38. The predicted octanol–water partition coefficient (Wildman–Crippen LogP) is 4.28. The summed E-state index contributed by atoms with van der Waals surface area (Å²) in [5.74, 6) is 0.642. The van der Waals surface area contributed by atoms with Gasteiger partial charge in [-0.05, 0) is 59.7 Å². The molecule has 166 valence electrons. The normalized spacial score (nSPS) is 15.3. The maximum Gasteiger partial charge on any atom is 0.266 e. The fraction of sp³-hybridized carbons (Fsp3) is 0.182. The van der Waals surface area contributed by atoms with Gasteiger partial charge < -0.3 is 5.73 Å². The number of nitrogen functional groups attached to an aromatic ring is 1. The van der Waals surface area contributed by atoms with E-state index in [0.29, 0.717) is 27.3 Å². The van der Waals surface area contributed by atoms with Crippen LogP contribution in [0.5, 0.6) is 0 Å². The van der Waals surface area contributed by atoms with Crippen molar-refractivity contribution in [2.45, 2.75) is 19.3 Å². The van der Waals surface area contributed by atoms with E-state index in [-0.39, 0.29) is 5.91 Å². The van der Waals surface area contributed by atoms with Crippen molar-refractivity contribution in [2.24, 2.45) is 0 Å². The lowest BCUT2D eigenvalue weighted by atomic mass is 10.0. The molecular formula is C22H19N7OS3. The highest BCUT2D eigenvalue weighted by molar-refractivity contribution is 8.26. The monoisotopic (exact) mass is 493 g/mol. The van der Waals surface area contributed by atoms with Gasteiger partial charge in [-0.15, -0.1) is 21.5 Å². The SMILES string of the molecule is Nc1ccnc2ccc(-c3csc(/C=C4\SC(=S)N(CCCCc5nn[nH]n5)C4=O)c3)cc12. The number of H-pyrrole nitrogens is 1. The zero-order valence-electron chi connectivity index (χ0n) is 17.4. The number of aryl methyl sites for hydroxylation is 1. The van der Waals surface area contributed by atoms with Crippen molar-refractivity contribution in [3.8, 4) is 11.1 Å². The van der Waals surface area contributed by atoms with Crippen molar-refractivity contribution in [3.63, 3.8) is 0 Å². The van der Waals surface area contributed by atoms with Crippen LogP contribution in [0.1, 0.15) is 23.5 Å². The van der Waals surface area contributed by atoms with Gasteiger partial charge in [-0.2, -0.15) is 5.21 Å². The lowest BCUT2D eigenvalue weighted by Crippen LogP contribution is -2.29. The molecule has 1 aromatic carbocycles. The Kier molecular flexibility index (Phi) is 6.16. The summed E-state index contributed by atoms with van der Waals surface area (Å²) in [5.41, 5.74) is 9.83. The Morgan fingerprint density at radius 2 is 2.09 bits per heavy atom. The second-order valence-electron chi connectivity index (χ2n) is 7.49. The molecule has 4 heterocycles. The van der Waals surface area contributed by atoms with Crippen molar-refractivity contribution in [1.82, 2.24) is 30.5 Å². The van der Waals surface area contributed by atoms with Gasteiger partial charge in [0.2, 0.25) is 0 Å². The first-order chi connectivity index (χ1) is 16.1. The molecule has 0 aliphatic carbocycles. The van der Waals surface area contributed by atoms with Gasteiger partial charge in [0, 0.05) is 35.1 Å². The van der Waals surface area contributed by atoms with Crippen LogP contribution in [0.3, 0.4) is 0 Å². The number of benzene rings is 1. The van der Waals surface area contributed by atoms with E-state index < -0.39 is 0 Å². The summed E-state index contributed by atoms with van der Waals surface area (Å²) in [6.45, 7) is 0.585. The Bertz CT molecular complexity index is 1360. The van der Waals surface area contributed by atoms with Gasteiger partial charge >= 0.3 is 0 Å². The number of carbonyl (C=O) groups is 1. The summed E-state index contributed by atoms with van der Waals surface area (Å²) >= 11 is 8.40. The number of hydrogen-bond donors (Lipinski definition) is 2. The van der Waals surface area contributed by atoms with Crippen LogP contribution in [0.4, 0.5) is 5.69 Å². The third-order valence-electron chi connectivity index (χ3n) is 5.30. The number of pyridine rings is 1. The minimum absolute atomic E-state index is 0.0379. The molecule has 1 amide bonds. The van der Waals surface area contributed by atoms with Crippen LogP contribution in [0.2, 0.25) is 0 Å². The summed E-state index contributed by atoms with van der Waals surface area (Å²) in [5, 5.41) is 16.9. The van der Waals surface area contributed by atoms with E-state index in [9.17, 15) is 4.79 Å². The first-order valence-electron chi connectivity index (χ1n) is 10.3. The molecule has 33 heavy (non-hydrogen) atoms. The van der Waals surface area contributed by atoms with E-state index in [1.165, 1.54) is 11.8 Å². The van der Waals surface area contributed by atoms with E-state index in [1.807, 2.05) is 18.2 Å². The Labute approximate surface area is 203 Å². The minimum Gasteiger partial charge on any atom is -0.398 e. The van der Waals surface area contributed by atoms with Crippen LogP contribution in [0, 0.1) is 0 Å². The van der Waals surface area contributed by atoms with E-state index in [1.54, 1.807) is 28.5 Å². The number of rotatable bonds is 7. The summed E-state index contributed by atoms with van der Waals surface area (Å²) in [7, 11) is 0. The van der Waals surface area contributed by atoms with Crippen molar-refractivity contribution < 1.29 is 4.79 Å². The fourth-order valence-electron chi connectivity index (χ4n) is 3.59. The van der Waals surface area contributed by atoms with Crippen LogP contribution >= 0.6 is 35.3 Å². The molecule has 0 saturated carbocycles. The summed E-state index contributed by atoms with van der Waals surface area (Å²) in [4.78, 5) is 20.6. The van der Waals surface area contributed by atoms with E-state index in [0.717, 1.165) is 46.2 Å². The van der Waals surface area contributed by atoms with Gasteiger partial charge in [0.15, 0.2) is 5.82 Å². The number of tetrazole rings is 1. The number of nitrogens with one attached hydrogen (secondary N) is 1. The van der Waals surface area contributed by atoms with Crippen LogP contribution in [0.15, 0.2) is 46.8 Å². The van der Waals surface area contributed by atoms with Crippen molar-refractivity contribution in [1.29, 1.82) is 0 Å². The van der Waals surface area contributed by atoms with Crippen LogP contribution in [-0.4, -0.2) is 47.3 Å². The molecule has 1 aliphatic heterocycles. The number of fused-ring (bicyclic) bond motifs is 1. The lowest BCUT2D eigenvalue weighted by molar-refractivity contribution is -0.122. The number of unbranched alkanes of at least 4 members (excludes halogenated alkanes) is 1. The van der Waals surface area contributed by atoms with Crippen LogP contribution in [0.25, 0.3) is 28.1 Å². The quantitative estimate of drug-likeness (QED) is 0.223. The van der Waals surface area contributed by atoms with Crippen LogP contribution in [-0.2, 0) is 11.2 Å². The minimum atomic E-state index is -0.0379. The van der Waals surface area contributed by atoms with Crippen molar-refractivity contribution in [3.05, 3.63) is 57.5 Å². The number of thiophene rings is 1. The molecule has 0 atom stereocenters. The highest BCUT2D eigenvalue weighted by Crippen LogP contribution is 2.35. The molecule has 1 fully saturated rings. The van der Waals surface area contributed by atoms with E-state index in [4.69, 9.17) is 18.0 Å². The summed E-state index contributed by atoms with van der Waals surface area (Å²) < 4.78 is 0.597. The molecule has 0 radical (unpaired) electrons. The summed E-state index contributed by atoms with van der Waals surface area (Å²) in [6, 6.07) is 9.95. The molecule has 1 saturated heterocycles. The molecule has 8 nitrogen and oxygen atoms in total. The van der Waals surface area contributed by atoms with Gasteiger partial charge in [0.1, 0.15) is 4.32 Å². The zero-order valence-corrected chi connectivity index (χ0v) is 19.8. The molecule has 3 aromatic heterocycles. The number of aromatic nitrogens is 5. The van der Waals surface area contributed by atoms with Gasteiger partial charge in [0.05, 0.1) is 10.4 Å². The Morgan fingerprint density at radius 1 is 1.18 bits per heavy atom. The molecule has 0 unspecified atom stereocenters. The second-order valence-corrected chi connectivity index (χ2v) is 10.1. The number of amides is 1. The third-order valence-corrected chi connectivity index (χ3v) is 7.55. The molecular weight excluding hydrogens is 474 g/mol. The first kappa shape index (κ1) is 21.7. The van der Waals surface area contributed by atoms with E-state index >= 15 is 0 Å². The zero-order chi connectivity index (χ0) is 22.8. The Balaban J connectivity index is 1.26. The standard InChI is InChI=1S/C22H19N7OS3/c23-17-6-7-24-18-5-4-13(10-16(17)18)14-9-15(32-12-14)11-19-21(30)29(22(31)33-19)8-2-1-3-20-25-27-28-26-20/h4-7,9-12H,1-3,8H2,(H2,23,24)(H,25,26,27,28)/b19-11-. The van der Waals surface area contributed by atoms with Gasteiger partial charge in [0.25, 0.3) is 5.91 Å². The van der Waals surface area contributed by atoms with E-state index in [2.05, 4.69) is 43.1 Å². The molecule has 5 rings (SSSR count). The van der Waals surface area contributed by atoms with Gasteiger partial charge in [-0.1, -0.05) is 35.3 Å². The number of carbonyl (C=O) groups excluding carboxylic acids is 1. The highest BCUT2D eigenvalue weighted by atomic mass is 32.2. The number of anilines is 1. The van der Waals surface area contributed by atoms with Gasteiger partial charge in [-0.3, -0.25) is 14.7 Å². The smallest absolute Gasteiger partial charge is 0.266 e. The lowest BCUT2D eigenvalue weighted by Gasteiger charge is -2.13. The average Bonchev–Trinajstić information content (AvgIpc) is 3.55. The Hall–Kier alpha value is -3.15. The molecule has 3 N–H and O–H groups in total. The number of thioether (sulfide) groups is 1. The molecule has 1 aliphatic rings. The maximum atomic E-state index is 12.9. The fourth-order valence-corrected chi connectivity index (χ4v) is 5.81. The van der Waals surface area contributed by atoms with Crippen molar-refractivity contribution in [2.75, 3.05) is 12.3 Å². The van der Waals surface area contributed by atoms with Gasteiger partial charge in [-0.25, -0.2) is 0 Å². The van der Waals surface area contributed by atoms with Crippen molar-refractivity contribution >= 4 is 68.2 Å². The number of aromatic amines is 1. The number of thiocarbonyl (C=S) groups is 1. The topological polar surface area (TPSA) is 114 Å². The number of nitrogens with two attached hydrogens (primary N) is 1. The number of nitrogens with zero attached hydrogens (tertiary/aromatic N) is 5. The molecule has 0 spiro atoms. The molecule has 11 heteroatoms. The predicted molar refractivity (Wildman–Crippen MR) is 136 cm³/mol. The van der Waals surface area contributed by atoms with Crippen LogP contribution < -0.4 is 5.73 Å². The average molecular weight is 494 g/mol. The highest BCUT2D eigenvalue weighted by Gasteiger charge is 2.31. The number of hydrogen-bond acceptors (Lipinski definition) is 9. The molecule has 4 aromatic rings. The largest absolute Gasteiger partial charge is 0.398 e. The first-order valence-corrected chi connectivity index (χ1v) is 12.4. The molecule has 0 bridgehead atoms.